The Bertz CT molecular complexity index is 612. The standard InChI is InChI=1S/C12H9N3O2/c1-8-14-12(15-17-8)10-4-2-9(3-5-10)11-6-13-7-16-11/h2-7H,1H3. The Hall–Kier alpha value is -2.43. The van der Waals surface area contributed by atoms with E-state index in [2.05, 4.69) is 15.1 Å². The molecule has 0 aliphatic carbocycles. The molecule has 3 rings (SSSR count). The molecule has 5 nitrogen and oxygen atoms in total. The Morgan fingerprint density at radius 1 is 1.06 bits per heavy atom. The number of aryl methyl sites for hydroxylation is 1. The first kappa shape index (κ1) is 9.77. The molecule has 84 valence electrons. The summed E-state index contributed by atoms with van der Waals surface area (Å²) in [6, 6.07) is 7.70. The van der Waals surface area contributed by atoms with E-state index in [4.69, 9.17) is 8.94 Å². The van der Waals surface area contributed by atoms with Gasteiger partial charge in [0.1, 0.15) is 0 Å². The lowest BCUT2D eigenvalue weighted by Crippen LogP contribution is -1.81. The van der Waals surface area contributed by atoms with Crippen LogP contribution in [0.3, 0.4) is 0 Å². The molecule has 17 heavy (non-hydrogen) atoms. The second-order valence-electron chi connectivity index (χ2n) is 3.58. The van der Waals surface area contributed by atoms with E-state index >= 15 is 0 Å². The summed E-state index contributed by atoms with van der Waals surface area (Å²) in [5, 5.41) is 3.86. The maximum absolute atomic E-state index is 5.21. The largest absolute Gasteiger partial charge is 0.444 e. The molecule has 2 aromatic heterocycles. The predicted molar refractivity (Wildman–Crippen MR) is 60.0 cm³/mol. The molecule has 1 aromatic carbocycles. The lowest BCUT2D eigenvalue weighted by Gasteiger charge is -1.97. The molecule has 0 atom stereocenters. The number of oxazole rings is 1. The minimum absolute atomic E-state index is 0.555. The summed E-state index contributed by atoms with van der Waals surface area (Å²) in [7, 11) is 0. The van der Waals surface area contributed by atoms with Gasteiger partial charge in [0.15, 0.2) is 12.2 Å². The summed E-state index contributed by atoms with van der Waals surface area (Å²) in [6.45, 7) is 1.76. The van der Waals surface area contributed by atoms with E-state index in [0.717, 1.165) is 16.9 Å². The van der Waals surface area contributed by atoms with Crippen molar-refractivity contribution in [1.82, 2.24) is 15.1 Å². The van der Waals surface area contributed by atoms with E-state index in [0.29, 0.717) is 11.7 Å². The van der Waals surface area contributed by atoms with Crippen LogP contribution in [0, 0.1) is 6.92 Å². The molecule has 0 N–H and O–H groups in total. The second-order valence-corrected chi connectivity index (χ2v) is 3.58. The Balaban J connectivity index is 1.95. The van der Waals surface area contributed by atoms with Crippen molar-refractivity contribution in [2.45, 2.75) is 6.92 Å². The molecular formula is C12H9N3O2. The number of rotatable bonds is 2. The number of benzene rings is 1. The van der Waals surface area contributed by atoms with E-state index in [9.17, 15) is 0 Å². The van der Waals surface area contributed by atoms with Crippen LogP contribution in [0.1, 0.15) is 5.89 Å². The van der Waals surface area contributed by atoms with Crippen molar-refractivity contribution >= 4 is 0 Å². The third-order valence-corrected chi connectivity index (χ3v) is 2.39. The van der Waals surface area contributed by atoms with Crippen LogP contribution >= 0.6 is 0 Å². The molecular weight excluding hydrogens is 218 g/mol. The van der Waals surface area contributed by atoms with Gasteiger partial charge in [0.05, 0.1) is 6.20 Å². The fraction of sp³-hybridized carbons (Fsp3) is 0.0833. The predicted octanol–water partition coefficient (Wildman–Crippen LogP) is 2.70. The summed E-state index contributed by atoms with van der Waals surface area (Å²) in [6.07, 6.45) is 3.08. The van der Waals surface area contributed by atoms with Crippen LogP contribution in [-0.2, 0) is 0 Å². The number of hydrogen-bond donors (Lipinski definition) is 0. The van der Waals surface area contributed by atoms with Crippen LogP contribution in [0.15, 0.2) is 45.8 Å². The van der Waals surface area contributed by atoms with Crippen LogP contribution < -0.4 is 0 Å². The van der Waals surface area contributed by atoms with Crippen molar-refractivity contribution in [3.63, 3.8) is 0 Å². The average molecular weight is 227 g/mol. The molecule has 0 aliphatic heterocycles. The number of aromatic nitrogens is 3. The first-order valence-corrected chi connectivity index (χ1v) is 5.12. The quantitative estimate of drug-likeness (QED) is 0.673. The lowest BCUT2D eigenvalue weighted by molar-refractivity contribution is 0.394. The second kappa shape index (κ2) is 3.86. The van der Waals surface area contributed by atoms with E-state index in [1.54, 1.807) is 13.1 Å². The molecule has 0 unspecified atom stereocenters. The fourth-order valence-electron chi connectivity index (χ4n) is 1.56. The highest BCUT2D eigenvalue weighted by molar-refractivity contribution is 5.63. The first-order valence-electron chi connectivity index (χ1n) is 5.12. The van der Waals surface area contributed by atoms with E-state index in [1.165, 1.54) is 6.39 Å². The Kier molecular flexibility index (Phi) is 2.22. The third kappa shape index (κ3) is 1.82. The molecule has 0 aliphatic rings. The summed E-state index contributed by atoms with van der Waals surface area (Å²) in [4.78, 5) is 8.04. The zero-order chi connectivity index (χ0) is 11.7. The van der Waals surface area contributed by atoms with Crippen molar-refractivity contribution in [2.75, 3.05) is 0 Å². The zero-order valence-electron chi connectivity index (χ0n) is 9.12. The van der Waals surface area contributed by atoms with Gasteiger partial charge in [-0.1, -0.05) is 29.4 Å². The Morgan fingerprint density at radius 2 is 1.82 bits per heavy atom. The normalized spacial score (nSPS) is 10.6. The molecule has 0 spiro atoms. The maximum Gasteiger partial charge on any atom is 0.223 e. The molecule has 0 bridgehead atoms. The van der Waals surface area contributed by atoms with Crippen LogP contribution in [-0.4, -0.2) is 15.1 Å². The highest BCUT2D eigenvalue weighted by Crippen LogP contribution is 2.22. The summed E-state index contributed by atoms with van der Waals surface area (Å²) in [5.74, 6) is 1.88. The smallest absolute Gasteiger partial charge is 0.223 e. The van der Waals surface area contributed by atoms with Gasteiger partial charge in [-0.05, 0) is 0 Å². The van der Waals surface area contributed by atoms with Gasteiger partial charge in [-0.25, -0.2) is 4.98 Å². The first-order chi connectivity index (χ1) is 8.33. The maximum atomic E-state index is 5.21. The molecule has 0 saturated carbocycles. The number of hydrogen-bond acceptors (Lipinski definition) is 5. The van der Waals surface area contributed by atoms with Crippen LogP contribution in [0.25, 0.3) is 22.7 Å². The lowest BCUT2D eigenvalue weighted by atomic mass is 10.1. The SMILES string of the molecule is Cc1nc(-c2ccc(-c3cnco3)cc2)no1. The molecule has 0 fully saturated rings. The van der Waals surface area contributed by atoms with Crippen molar-refractivity contribution in [2.24, 2.45) is 0 Å². The van der Waals surface area contributed by atoms with Gasteiger partial charge in [-0.15, -0.1) is 0 Å². The van der Waals surface area contributed by atoms with Gasteiger partial charge < -0.3 is 8.94 Å². The minimum atomic E-state index is 0.555. The Morgan fingerprint density at radius 3 is 2.41 bits per heavy atom. The van der Waals surface area contributed by atoms with Crippen LogP contribution in [0.2, 0.25) is 0 Å². The molecule has 0 saturated heterocycles. The molecule has 5 heteroatoms. The van der Waals surface area contributed by atoms with Gasteiger partial charge in [0.2, 0.25) is 11.7 Å². The fourth-order valence-corrected chi connectivity index (χ4v) is 1.56. The van der Waals surface area contributed by atoms with Crippen LogP contribution in [0.5, 0.6) is 0 Å². The minimum Gasteiger partial charge on any atom is -0.444 e. The van der Waals surface area contributed by atoms with Gasteiger partial charge in [-0.3, -0.25) is 0 Å². The van der Waals surface area contributed by atoms with Gasteiger partial charge in [-0.2, -0.15) is 4.98 Å². The highest BCUT2D eigenvalue weighted by Gasteiger charge is 2.06. The van der Waals surface area contributed by atoms with Gasteiger partial charge in [0, 0.05) is 18.1 Å². The van der Waals surface area contributed by atoms with Crippen molar-refractivity contribution < 1.29 is 8.94 Å². The average Bonchev–Trinajstić information content (AvgIpc) is 3.00. The topological polar surface area (TPSA) is 65.0 Å². The van der Waals surface area contributed by atoms with E-state index < -0.39 is 0 Å². The van der Waals surface area contributed by atoms with Crippen molar-refractivity contribution in [3.8, 4) is 22.7 Å². The van der Waals surface area contributed by atoms with Gasteiger partial charge in [0.25, 0.3) is 0 Å². The van der Waals surface area contributed by atoms with E-state index in [1.807, 2.05) is 24.3 Å². The van der Waals surface area contributed by atoms with Crippen molar-refractivity contribution in [3.05, 3.63) is 42.7 Å². The summed E-state index contributed by atoms with van der Waals surface area (Å²) < 4.78 is 10.1. The Labute approximate surface area is 97.1 Å². The monoisotopic (exact) mass is 227 g/mol. The zero-order valence-corrected chi connectivity index (χ0v) is 9.12. The van der Waals surface area contributed by atoms with E-state index in [-0.39, 0.29) is 0 Å². The van der Waals surface area contributed by atoms with Crippen molar-refractivity contribution in [1.29, 1.82) is 0 Å². The summed E-state index contributed by atoms with van der Waals surface area (Å²) >= 11 is 0. The van der Waals surface area contributed by atoms with Gasteiger partial charge >= 0.3 is 0 Å². The molecule has 0 amide bonds. The molecule has 2 heterocycles. The van der Waals surface area contributed by atoms with Crippen LogP contribution in [0.4, 0.5) is 0 Å². The highest BCUT2D eigenvalue weighted by atomic mass is 16.5. The molecule has 0 radical (unpaired) electrons. The third-order valence-electron chi connectivity index (χ3n) is 2.39. The molecule has 3 aromatic rings. The number of nitrogens with zero attached hydrogens (tertiary/aromatic N) is 3. The summed E-state index contributed by atoms with van der Waals surface area (Å²) in [5.41, 5.74) is 1.87.